The van der Waals surface area contributed by atoms with E-state index in [0.29, 0.717) is 38.6 Å². The highest BCUT2D eigenvalue weighted by Crippen LogP contribution is 2.16. The van der Waals surface area contributed by atoms with Crippen molar-refractivity contribution >= 4 is 23.2 Å². The average molecular weight is 333 g/mol. The molecule has 2 amide bonds. The van der Waals surface area contributed by atoms with Gasteiger partial charge in [-0.05, 0) is 37.1 Å². The van der Waals surface area contributed by atoms with E-state index in [1.807, 2.05) is 49.9 Å². The summed E-state index contributed by atoms with van der Waals surface area (Å²) in [5, 5.41) is 6.08. The molecule has 1 aromatic rings. The average Bonchev–Trinajstić information content (AvgIpc) is 2.56. The molecular weight excluding hydrogens is 306 g/mol. The minimum absolute atomic E-state index is 0.0153. The van der Waals surface area contributed by atoms with Gasteiger partial charge in [-0.2, -0.15) is 0 Å². The number of benzene rings is 1. The van der Waals surface area contributed by atoms with E-state index in [9.17, 15) is 9.59 Å². The van der Waals surface area contributed by atoms with Crippen LogP contribution in [0.3, 0.4) is 0 Å². The number of hydrogen-bond donors (Lipinski definition) is 2. The molecule has 1 fully saturated rings. The van der Waals surface area contributed by atoms with E-state index in [1.54, 1.807) is 0 Å². The Morgan fingerprint density at radius 2 is 1.67 bits per heavy atom. The molecule has 0 unspecified atom stereocenters. The van der Waals surface area contributed by atoms with Crippen LogP contribution in [-0.2, 0) is 14.3 Å². The number of nitrogens with one attached hydrogen (secondary N) is 2. The normalized spacial score (nSPS) is 15.9. The highest BCUT2D eigenvalue weighted by molar-refractivity contribution is 5.91. The van der Waals surface area contributed by atoms with Crippen LogP contribution in [0.2, 0.25) is 0 Å². The molecule has 6 heteroatoms. The number of carbonyl (C=O) groups excluding carboxylic acids is 2. The number of amides is 2. The van der Waals surface area contributed by atoms with Crippen LogP contribution >= 0.6 is 0 Å². The standard InChI is InChI=1S/C18H27N3O3/c1-13(2)12-17(22)20-16-6-4-15(5-7-16)19-14(3)18(23)21-8-10-24-11-9-21/h4-7,13-14,19H,8-12H2,1-3H3,(H,20,22)/t14-/m0/s1. The van der Waals surface area contributed by atoms with Gasteiger partial charge in [0.15, 0.2) is 0 Å². The van der Waals surface area contributed by atoms with Crippen molar-refractivity contribution in [1.29, 1.82) is 0 Å². The van der Waals surface area contributed by atoms with E-state index in [1.165, 1.54) is 0 Å². The number of morpholine rings is 1. The SMILES string of the molecule is CC(C)CC(=O)Nc1ccc(N[C@@H](C)C(=O)N2CCOCC2)cc1. The molecule has 1 heterocycles. The highest BCUT2D eigenvalue weighted by atomic mass is 16.5. The van der Waals surface area contributed by atoms with Crippen molar-refractivity contribution in [3.8, 4) is 0 Å². The van der Waals surface area contributed by atoms with Crippen LogP contribution in [-0.4, -0.2) is 49.1 Å². The zero-order chi connectivity index (χ0) is 17.5. The largest absolute Gasteiger partial charge is 0.378 e. The van der Waals surface area contributed by atoms with Gasteiger partial charge in [0.05, 0.1) is 13.2 Å². The van der Waals surface area contributed by atoms with Gasteiger partial charge in [-0.3, -0.25) is 9.59 Å². The van der Waals surface area contributed by atoms with Crippen LogP contribution in [0.25, 0.3) is 0 Å². The molecular formula is C18H27N3O3. The smallest absolute Gasteiger partial charge is 0.244 e. The molecule has 0 aliphatic carbocycles. The summed E-state index contributed by atoms with van der Waals surface area (Å²) in [6.45, 7) is 8.37. The van der Waals surface area contributed by atoms with Crippen molar-refractivity contribution in [2.75, 3.05) is 36.9 Å². The van der Waals surface area contributed by atoms with Gasteiger partial charge >= 0.3 is 0 Å². The summed E-state index contributed by atoms with van der Waals surface area (Å²) >= 11 is 0. The lowest BCUT2D eigenvalue weighted by molar-refractivity contribution is -0.135. The Balaban J connectivity index is 1.86. The lowest BCUT2D eigenvalue weighted by atomic mass is 10.1. The third kappa shape index (κ3) is 5.53. The summed E-state index contributed by atoms with van der Waals surface area (Å²) in [7, 11) is 0. The van der Waals surface area contributed by atoms with Gasteiger partial charge in [-0.1, -0.05) is 13.8 Å². The maximum Gasteiger partial charge on any atom is 0.244 e. The molecule has 132 valence electrons. The zero-order valence-electron chi connectivity index (χ0n) is 14.7. The lowest BCUT2D eigenvalue weighted by Gasteiger charge is -2.29. The van der Waals surface area contributed by atoms with Crippen LogP contribution in [0.4, 0.5) is 11.4 Å². The Bertz CT molecular complexity index is 551. The van der Waals surface area contributed by atoms with Crippen molar-refractivity contribution in [1.82, 2.24) is 4.90 Å². The summed E-state index contributed by atoms with van der Waals surface area (Å²) in [6, 6.07) is 7.12. The molecule has 1 atom stereocenters. The topological polar surface area (TPSA) is 70.7 Å². The molecule has 24 heavy (non-hydrogen) atoms. The quantitative estimate of drug-likeness (QED) is 0.838. The van der Waals surface area contributed by atoms with E-state index in [-0.39, 0.29) is 17.9 Å². The van der Waals surface area contributed by atoms with Crippen molar-refractivity contribution in [2.45, 2.75) is 33.2 Å². The Morgan fingerprint density at radius 1 is 1.08 bits per heavy atom. The first-order chi connectivity index (χ1) is 11.5. The third-order valence-corrected chi connectivity index (χ3v) is 3.84. The molecule has 6 nitrogen and oxygen atoms in total. The predicted molar refractivity (Wildman–Crippen MR) is 95.0 cm³/mol. The molecule has 0 aromatic heterocycles. The first kappa shape index (κ1) is 18.3. The Kier molecular flexibility index (Phi) is 6.61. The molecule has 1 aromatic carbocycles. The minimum atomic E-state index is -0.301. The molecule has 0 saturated carbocycles. The first-order valence-electron chi connectivity index (χ1n) is 8.48. The number of hydrogen-bond acceptors (Lipinski definition) is 4. The van der Waals surface area contributed by atoms with E-state index in [0.717, 1.165) is 11.4 Å². The van der Waals surface area contributed by atoms with Gasteiger partial charge in [0.25, 0.3) is 0 Å². The molecule has 1 aliphatic rings. The highest BCUT2D eigenvalue weighted by Gasteiger charge is 2.22. The Hall–Kier alpha value is -2.08. The Labute approximate surface area is 143 Å². The van der Waals surface area contributed by atoms with Crippen molar-refractivity contribution in [3.63, 3.8) is 0 Å². The molecule has 0 spiro atoms. The molecule has 2 N–H and O–H groups in total. The first-order valence-corrected chi connectivity index (χ1v) is 8.48. The van der Waals surface area contributed by atoms with Crippen LogP contribution in [0.1, 0.15) is 27.2 Å². The van der Waals surface area contributed by atoms with E-state index < -0.39 is 0 Å². The molecule has 1 saturated heterocycles. The Morgan fingerprint density at radius 3 is 2.25 bits per heavy atom. The molecule has 2 rings (SSSR count). The van der Waals surface area contributed by atoms with Gasteiger partial charge in [0.2, 0.25) is 11.8 Å². The lowest BCUT2D eigenvalue weighted by Crippen LogP contribution is -2.46. The van der Waals surface area contributed by atoms with Crippen LogP contribution < -0.4 is 10.6 Å². The maximum atomic E-state index is 12.4. The minimum Gasteiger partial charge on any atom is -0.378 e. The number of ether oxygens (including phenoxy) is 1. The van der Waals surface area contributed by atoms with Crippen molar-refractivity contribution < 1.29 is 14.3 Å². The summed E-state index contributed by atoms with van der Waals surface area (Å²) in [5.74, 6) is 0.423. The van der Waals surface area contributed by atoms with E-state index in [4.69, 9.17) is 4.74 Å². The summed E-state index contributed by atoms with van der Waals surface area (Å²) in [5.41, 5.74) is 1.62. The van der Waals surface area contributed by atoms with Crippen molar-refractivity contribution in [3.05, 3.63) is 24.3 Å². The van der Waals surface area contributed by atoms with Crippen molar-refractivity contribution in [2.24, 2.45) is 5.92 Å². The second kappa shape index (κ2) is 8.68. The van der Waals surface area contributed by atoms with E-state index in [2.05, 4.69) is 10.6 Å². The summed E-state index contributed by atoms with van der Waals surface area (Å²) in [4.78, 5) is 26.0. The van der Waals surface area contributed by atoms with Gasteiger partial charge in [0.1, 0.15) is 6.04 Å². The van der Waals surface area contributed by atoms with Gasteiger partial charge in [0, 0.05) is 30.9 Å². The van der Waals surface area contributed by atoms with Gasteiger partial charge in [-0.15, -0.1) is 0 Å². The summed E-state index contributed by atoms with van der Waals surface area (Å²) < 4.78 is 5.27. The fourth-order valence-corrected chi connectivity index (χ4v) is 2.60. The maximum absolute atomic E-state index is 12.4. The molecule has 0 radical (unpaired) electrons. The fourth-order valence-electron chi connectivity index (χ4n) is 2.60. The molecule has 1 aliphatic heterocycles. The van der Waals surface area contributed by atoms with E-state index >= 15 is 0 Å². The number of rotatable bonds is 6. The second-order valence-electron chi connectivity index (χ2n) is 6.53. The van der Waals surface area contributed by atoms with Crippen LogP contribution in [0.5, 0.6) is 0 Å². The zero-order valence-corrected chi connectivity index (χ0v) is 14.7. The predicted octanol–water partition coefficient (Wildman–Crippen LogP) is 2.33. The third-order valence-electron chi connectivity index (χ3n) is 3.84. The number of carbonyl (C=O) groups is 2. The molecule has 0 bridgehead atoms. The number of anilines is 2. The van der Waals surface area contributed by atoms with Crippen LogP contribution in [0, 0.1) is 5.92 Å². The van der Waals surface area contributed by atoms with Gasteiger partial charge in [-0.25, -0.2) is 0 Å². The summed E-state index contributed by atoms with van der Waals surface area (Å²) in [6.07, 6.45) is 0.505. The van der Waals surface area contributed by atoms with Gasteiger partial charge < -0.3 is 20.3 Å². The number of nitrogens with zero attached hydrogens (tertiary/aromatic N) is 1. The van der Waals surface area contributed by atoms with Crippen LogP contribution in [0.15, 0.2) is 24.3 Å². The fraction of sp³-hybridized carbons (Fsp3) is 0.556. The monoisotopic (exact) mass is 333 g/mol. The second-order valence-corrected chi connectivity index (χ2v) is 6.53.